The predicted octanol–water partition coefficient (Wildman–Crippen LogP) is 2.13. The van der Waals surface area contributed by atoms with Crippen molar-refractivity contribution in [2.24, 2.45) is 0 Å². The molecule has 5 nitrogen and oxygen atoms in total. The van der Waals surface area contributed by atoms with E-state index >= 15 is 0 Å². The molecule has 0 aliphatic carbocycles. The van der Waals surface area contributed by atoms with Gasteiger partial charge in [0.2, 0.25) is 11.8 Å². The van der Waals surface area contributed by atoms with E-state index in [1.807, 2.05) is 0 Å². The van der Waals surface area contributed by atoms with Crippen LogP contribution >= 0.6 is 11.6 Å². The van der Waals surface area contributed by atoms with Crippen LogP contribution in [0.3, 0.4) is 0 Å². The summed E-state index contributed by atoms with van der Waals surface area (Å²) in [6, 6.07) is 6.89. The predicted molar refractivity (Wildman–Crippen MR) is 85.5 cm³/mol. The zero-order chi connectivity index (χ0) is 15.7. The highest BCUT2D eigenvalue weighted by atomic mass is 35.5. The largest absolute Gasteiger partial charge is 0.355 e. The topological polar surface area (TPSA) is 61.4 Å². The van der Waals surface area contributed by atoms with Crippen molar-refractivity contribution in [2.45, 2.75) is 19.8 Å². The molecule has 0 atom stereocenters. The molecule has 6 heteroatoms. The summed E-state index contributed by atoms with van der Waals surface area (Å²) in [5, 5.41) is 6.19. The van der Waals surface area contributed by atoms with E-state index in [1.165, 1.54) is 0 Å². The van der Waals surface area contributed by atoms with E-state index in [4.69, 9.17) is 11.6 Å². The Bertz CT molecular complexity index is 462. The van der Waals surface area contributed by atoms with E-state index in [1.54, 1.807) is 36.2 Å². The summed E-state index contributed by atoms with van der Waals surface area (Å²) in [7, 11) is 1.74. The van der Waals surface area contributed by atoms with Gasteiger partial charge in [0.25, 0.3) is 0 Å². The van der Waals surface area contributed by atoms with Gasteiger partial charge in [0.15, 0.2) is 0 Å². The van der Waals surface area contributed by atoms with Gasteiger partial charge in [0.1, 0.15) is 0 Å². The number of hydrogen-bond donors (Lipinski definition) is 2. The van der Waals surface area contributed by atoms with Gasteiger partial charge in [-0.2, -0.15) is 0 Å². The Kier molecular flexibility index (Phi) is 7.79. The molecule has 0 aromatic heterocycles. The van der Waals surface area contributed by atoms with Crippen molar-refractivity contribution in [3.05, 3.63) is 29.3 Å². The van der Waals surface area contributed by atoms with E-state index in [0.29, 0.717) is 17.3 Å². The second kappa shape index (κ2) is 9.37. The van der Waals surface area contributed by atoms with Gasteiger partial charge in [0, 0.05) is 17.3 Å². The highest BCUT2D eigenvalue weighted by Crippen LogP contribution is 2.13. The molecule has 0 aliphatic heterocycles. The van der Waals surface area contributed by atoms with E-state index in [9.17, 15) is 9.59 Å². The van der Waals surface area contributed by atoms with Crippen LogP contribution in [0.1, 0.15) is 19.8 Å². The number of anilines is 1. The Balaban J connectivity index is 2.30. The summed E-state index contributed by atoms with van der Waals surface area (Å²) in [6.45, 7) is 3.11. The number of nitrogens with zero attached hydrogens (tertiary/aromatic N) is 1. The third-order valence-corrected chi connectivity index (χ3v) is 3.06. The zero-order valence-electron chi connectivity index (χ0n) is 12.5. The molecular formula is C15H22ClN3O2. The smallest absolute Gasteiger partial charge is 0.238 e. The Hall–Kier alpha value is -1.59. The Morgan fingerprint density at radius 2 is 1.76 bits per heavy atom. The molecule has 0 spiro atoms. The molecule has 0 bridgehead atoms. The highest BCUT2D eigenvalue weighted by molar-refractivity contribution is 6.30. The fourth-order valence-corrected chi connectivity index (χ4v) is 1.87. The zero-order valence-corrected chi connectivity index (χ0v) is 13.2. The molecule has 0 saturated carbocycles. The molecule has 1 aromatic rings. The first-order valence-corrected chi connectivity index (χ1v) is 7.39. The van der Waals surface area contributed by atoms with Gasteiger partial charge < -0.3 is 10.6 Å². The van der Waals surface area contributed by atoms with Crippen LogP contribution in [0.5, 0.6) is 0 Å². The van der Waals surface area contributed by atoms with Crippen molar-refractivity contribution in [1.82, 2.24) is 10.2 Å². The van der Waals surface area contributed by atoms with Crippen molar-refractivity contribution in [3.8, 4) is 0 Å². The molecule has 1 rings (SSSR count). The lowest BCUT2D eigenvalue weighted by atomic mass is 10.3. The molecule has 0 radical (unpaired) electrons. The normalized spacial score (nSPS) is 10.5. The lowest BCUT2D eigenvalue weighted by Gasteiger charge is -2.16. The maximum Gasteiger partial charge on any atom is 0.238 e. The number of likely N-dealkylation sites (N-methyl/N-ethyl adjacent to an activating group) is 1. The minimum absolute atomic E-state index is 0.0646. The molecule has 0 heterocycles. The highest BCUT2D eigenvalue weighted by Gasteiger charge is 2.10. The first-order valence-electron chi connectivity index (χ1n) is 7.02. The SMILES string of the molecule is CCCCNC(=O)CN(C)CC(=O)Nc1ccc(Cl)cc1. The number of rotatable bonds is 8. The van der Waals surface area contributed by atoms with Crippen LogP contribution in [0.4, 0.5) is 5.69 Å². The minimum Gasteiger partial charge on any atom is -0.355 e. The average molecular weight is 312 g/mol. The third-order valence-electron chi connectivity index (χ3n) is 2.81. The van der Waals surface area contributed by atoms with Crippen molar-refractivity contribution in [3.63, 3.8) is 0 Å². The summed E-state index contributed by atoms with van der Waals surface area (Å²) in [4.78, 5) is 25.1. The van der Waals surface area contributed by atoms with Gasteiger partial charge in [0.05, 0.1) is 13.1 Å². The van der Waals surface area contributed by atoms with Crippen molar-refractivity contribution in [1.29, 1.82) is 0 Å². The summed E-state index contributed by atoms with van der Waals surface area (Å²) in [5.74, 6) is -0.230. The van der Waals surface area contributed by atoms with Crippen molar-refractivity contribution >= 4 is 29.1 Å². The molecule has 2 N–H and O–H groups in total. The summed E-state index contributed by atoms with van der Waals surface area (Å²) in [5.41, 5.74) is 0.685. The Morgan fingerprint density at radius 3 is 2.38 bits per heavy atom. The summed E-state index contributed by atoms with van der Waals surface area (Å²) in [6.07, 6.45) is 2.01. The fraction of sp³-hybridized carbons (Fsp3) is 0.467. The van der Waals surface area contributed by atoms with Crippen LogP contribution in [-0.4, -0.2) is 43.4 Å². The third kappa shape index (κ3) is 7.68. The molecule has 2 amide bonds. The van der Waals surface area contributed by atoms with Gasteiger partial charge in [-0.1, -0.05) is 24.9 Å². The second-order valence-corrected chi connectivity index (χ2v) is 5.37. The molecule has 116 valence electrons. The first-order chi connectivity index (χ1) is 10.0. The van der Waals surface area contributed by atoms with Crippen LogP contribution in [-0.2, 0) is 9.59 Å². The standard InChI is InChI=1S/C15H22ClN3O2/c1-3-4-9-17-14(20)10-19(2)11-15(21)18-13-7-5-12(16)6-8-13/h5-8H,3-4,9-11H2,1-2H3,(H,17,20)(H,18,21). The van der Waals surface area contributed by atoms with Gasteiger partial charge >= 0.3 is 0 Å². The lowest BCUT2D eigenvalue weighted by molar-refractivity contribution is -0.122. The fourth-order valence-electron chi connectivity index (χ4n) is 1.74. The maximum absolute atomic E-state index is 11.8. The van der Waals surface area contributed by atoms with E-state index < -0.39 is 0 Å². The van der Waals surface area contributed by atoms with Crippen molar-refractivity contribution in [2.75, 3.05) is 32.0 Å². The lowest BCUT2D eigenvalue weighted by Crippen LogP contribution is -2.39. The number of benzene rings is 1. The quantitative estimate of drug-likeness (QED) is 0.723. The molecule has 0 aliphatic rings. The van der Waals surface area contributed by atoms with Gasteiger partial charge in [-0.05, 0) is 37.7 Å². The summed E-state index contributed by atoms with van der Waals surface area (Å²) < 4.78 is 0. The minimum atomic E-state index is -0.166. The van der Waals surface area contributed by atoms with E-state index in [2.05, 4.69) is 17.6 Å². The molecule has 0 fully saturated rings. The van der Waals surface area contributed by atoms with Gasteiger partial charge in [-0.15, -0.1) is 0 Å². The molecule has 21 heavy (non-hydrogen) atoms. The summed E-state index contributed by atoms with van der Waals surface area (Å²) >= 11 is 5.78. The number of carbonyl (C=O) groups excluding carboxylic acids is 2. The number of amides is 2. The number of carbonyl (C=O) groups is 2. The van der Waals surface area contributed by atoms with Gasteiger partial charge in [-0.25, -0.2) is 0 Å². The first kappa shape index (κ1) is 17.5. The molecular weight excluding hydrogens is 290 g/mol. The van der Waals surface area contributed by atoms with E-state index in [-0.39, 0.29) is 24.9 Å². The molecule has 0 saturated heterocycles. The Morgan fingerprint density at radius 1 is 1.14 bits per heavy atom. The second-order valence-electron chi connectivity index (χ2n) is 4.93. The maximum atomic E-state index is 11.8. The van der Waals surface area contributed by atoms with Crippen LogP contribution in [0, 0.1) is 0 Å². The number of nitrogens with one attached hydrogen (secondary N) is 2. The van der Waals surface area contributed by atoms with Crippen LogP contribution < -0.4 is 10.6 Å². The van der Waals surface area contributed by atoms with Crippen LogP contribution in [0.2, 0.25) is 5.02 Å². The van der Waals surface area contributed by atoms with Gasteiger partial charge in [-0.3, -0.25) is 14.5 Å². The monoisotopic (exact) mass is 311 g/mol. The molecule has 1 aromatic carbocycles. The van der Waals surface area contributed by atoms with E-state index in [0.717, 1.165) is 12.8 Å². The average Bonchev–Trinajstić information content (AvgIpc) is 2.41. The van der Waals surface area contributed by atoms with Crippen molar-refractivity contribution < 1.29 is 9.59 Å². The van der Waals surface area contributed by atoms with Crippen LogP contribution in [0.25, 0.3) is 0 Å². The number of hydrogen-bond acceptors (Lipinski definition) is 3. The van der Waals surface area contributed by atoms with Crippen LogP contribution in [0.15, 0.2) is 24.3 Å². The Labute approximate surface area is 130 Å². The number of unbranched alkanes of at least 4 members (excludes halogenated alkanes) is 1. The molecule has 0 unspecified atom stereocenters. The number of halogens is 1.